The molecule has 0 fully saturated rings. The first-order valence-corrected chi connectivity index (χ1v) is 8.84. The molecule has 11 nitrogen and oxygen atoms in total. The number of rotatable bonds is 10. The third kappa shape index (κ3) is 8.73. The van der Waals surface area contributed by atoms with Gasteiger partial charge in [-0.2, -0.15) is 12.6 Å². The zero-order chi connectivity index (χ0) is 21.3. The lowest BCUT2D eigenvalue weighted by Gasteiger charge is -2.21. The van der Waals surface area contributed by atoms with Crippen molar-refractivity contribution in [2.75, 3.05) is 5.75 Å². The van der Waals surface area contributed by atoms with Gasteiger partial charge in [0.2, 0.25) is 23.6 Å². The van der Waals surface area contributed by atoms with Gasteiger partial charge in [-0.15, -0.1) is 0 Å². The van der Waals surface area contributed by atoms with E-state index in [4.69, 9.17) is 10.8 Å². The van der Waals surface area contributed by atoms with Crippen LogP contribution in [-0.2, 0) is 24.0 Å². The number of carbonyl (C=O) groups excluding carboxylic acids is 4. The van der Waals surface area contributed by atoms with Gasteiger partial charge in [0.1, 0.15) is 24.2 Å². The summed E-state index contributed by atoms with van der Waals surface area (Å²) in [5.74, 6) is -3.85. The van der Waals surface area contributed by atoms with Gasteiger partial charge in [-0.25, -0.2) is 4.79 Å². The van der Waals surface area contributed by atoms with Gasteiger partial charge in [0.05, 0.1) is 6.04 Å². The zero-order valence-electron chi connectivity index (χ0n) is 15.6. The average Bonchev–Trinajstić information content (AvgIpc) is 2.58. The summed E-state index contributed by atoms with van der Waals surface area (Å²) in [6.07, 6.45) is 0. The molecule has 154 valence electrons. The first-order valence-electron chi connectivity index (χ1n) is 8.21. The SMILES string of the molecule is C[C@H](N)C(=O)N[C@@H](C)C(=O)N[C@@H](C)C(=O)N[C@@H](C)C(=O)N[C@@H](CS)C(=O)O. The van der Waals surface area contributed by atoms with Gasteiger partial charge in [0.15, 0.2) is 0 Å². The first kappa shape index (κ1) is 24.7. The molecule has 0 unspecified atom stereocenters. The minimum Gasteiger partial charge on any atom is -0.480 e. The number of aliphatic carboxylic acids is 1. The molecule has 0 rings (SSSR count). The van der Waals surface area contributed by atoms with E-state index in [0.717, 1.165) is 0 Å². The molecule has 0 radical (unpaired) electrons. The molecule has 0 aliphatic rings. The summed E-state index contributed by atoms with van der Waals surface area (Å²) in [4.78, 5) is 58.4. The Balaban J connectivity index is 4.59. The van der Waals surface area contributed by atoms with Crippen LogP contribution in [0.4, 0.5) is 0 Å². The van der Waals surface area contributed by atoms with E-state index < -0.39 is 59.8 Å². The van der Waals surface area contributed by atoms with E-state index in [1.807, 2.05) is 0 Å². The van der Waals surface area contributed by atoms with Gasteiger partial charge >= 0.3 is 5.97 Å². The molecule has 12 heteroatoms. The van der Waals surface area contributed by atoms with E-state index in [-0.39, 0.29) is 5.75 Å². The van der Waals surface area contributed by atoms with Crippen molar-refractivity contribution < 1.29 is 29.1 Å². The third-order valence-corrected chi connectivity index (χ3v) is 3.83. The number of carbonyl (C=O) groups is 5. The van der Waals surface area contributed by atoms with Crippen molar-refractivity contribution >= 4 is 42.2 Å². The van der Waals surface area contributed by atoms with Crippen LogP contribution >= 0.6 is 12.6 Å². The van der Waals surface area contributed by atoms with Gasteiger partial charge in [-0.1, -0.05) is 0 Å². The van der Waals surface area contributed by atoms with Crippen molar-refractivity contribution in [3.8, 4) is 0 Å². The number of nitrogens with two attached hydrogens (primary N) is 1. The quantitative estimate of drug-likeness (QED) is 0.194. The molecule has 0 aliphatic heterocycles. The highest BCUT2D eigenvalue weighted by atomic mass is 32.1. The van der Waals surface area contributed by atoms with Crippen molar-refractivity contribution in [1.29, 1.82) is 0 Å². The molecule has 0 saturated heterocycles. The summed E-state index contributed by atoms with van der Waals surface area (Å²) in [7, 11) is 0. The molecule has 0 bridgehead atoms. The van der Waals surface area contributed by atoms with Crippen LogP contribution in [0.2, 0.25) is 0 Å². The summed E-state index contributed by atoms with van der Waals surface area (Å²) in [5.41, 5.74) is 5.39. The van der Waals surface area contributed by atoms with Crippen molar-refractivity contribution in [3.63, 3.8) is 0 Å². The van der Waals surface area contributed by atoms with Crippen LogP contribution in [0.25, 0.3) is 0 Å². The number of nitrogens with one attached hydrogen (secondary N) is 4. The molecule has 7 N–H and O–H groups in total. The lowest BCUT2D eigenvalue weighted by molar-refractivity contribution is -0.141. The predicted octanol–water partition coefficient (Wildman–Crippen LogP) is -2.65. The molecule has 0 aliphatic carbocycles. The van der Waals surface area contributed by atoms with E-state index in [0.29, 0.717) is 0 Å². The number of carboxylic acids is 1. The Morgan fingerprint density at radius 1 is 0.778 bits per heavy atom. The highest BCUT2D eigenvalue weighted by molar-refractivity contribution is 7.80. The Labute approximate surface area is 162 Å². The van der Waals surface area contributed by atoms with Crippen molar-refractivity contribution in [2.24, 2.45) is 5.73 Å². The monoisotopic (exact) mass is 405 g/mol. The topological polar surface area (TPSA) is 180 Å². The predicted molar refractivity (Wildman–Crippen MR) is 99.9 cm³/mol. The standard InChI is InChI=1S/C15H27N5O6S/c1-6(16)11(21)17-7(2)12(22)18-8(3)13(23)19-9(4)14(24)20-10(5-27)15(25)26/h6-10,27H,5,16H2,1-4H3,(H,17,21)(H,18,22)(H,19,23)(H,20,24)(H,25,26)/t6-,7-,8-,9-,10-/m0/s1. The lowest BCUT2D eigenvalue weighted by atomic mass is 10.2. The Bertz CT molecular complexity index is 585. The van der Waals surface area contributed by atoms with Gasteiger partial charge in [-0.05, 0) is 27.7 Å². The summed E-state index contributed by atoms with van der Waals surface area (Å²) in [5, 5.41) is 18.3. The molecule has 0 aromatic rings. The van der Waals surface area contributed by atoms with Gasteiger partial charge in [-0.3, -0.25) is 19.2 Å². The van der Waals surface area contributed by atoms with Crippen molar-refractivity contribution in [3.05, 3.63) is 0 Å². The summed E-state index contributed by atoms with van der Waals surface area (Å²) in [6, 6.07) is -4.92. The largest absolute Gasteiger partial charge is 0.480 e. The Kier molecular flexibility index (Phi) is 10.4. The highest BCUT2D eigenvalue weighted by Crippen LogP contribution is 1.94. The maximum atomic E-state index is 12.1. The van der Waals surface area contributed by atoms with E-state index in [1.165, 1.54) is 27.7 Å². The fourth-order valence-electron chi connectivity index (χ4n) is 1.70. The van der Waals surface area contributed by atoms with Gasteiger partial charge in [0.25, 0.3) is 0 Å². The molecule has 0 heterocycles. The van der Waals surface area contributed by atoms with E-state index in [1.54, 1.807) is 0 Å². The Morgan fingerprint density at radius 3 is 1.41 bits per heavy atom. The van der Waals surface area contributed by atoms with Gasteiger partial charge in [0, 0.05) is 5.75 Å². The van der Waals surface area contributed by atoms with E-state index in [2.05, 4.69) is 33.9 Å². The number of hydrogen-bond donors (Lipinski definition) is 7. The molecule has 5 atom stereocenters. The molecule has 0 saturated carbocycles. The summed E-state index contributed by atoms with van der Waals surface area (Å²) >= 11 is 3.83. The molecule has 27 heavy (non-hydrogen) atoms. The van der Waals surface area contributed by atoms with Crippen LogP contribution in [0.15, 0.2) is 0 Å². The maximum Gasteiger partial charge on any atom is 0.327 e. The van der Waals surface area contributed by atoms with Crippen LogP contribution in [-0.4, -0.2) is 70.7 Å². The maximum absolute atomic E-state index is 12.1. The van der Waals surface area contributed by atoms with Crippen molar-refractivity contribution in [2.45, 2.75) is 57.9 Å². The minimum atomic E-state index is -1.25. The lowest BCUT2D eigenvalue weighted by Crippen LogP contribution is -2.56. The fraction of sp³-hybridized carbons (Fsp3) is 0.667. The van der Waals surface area contributed by atoms with Crippen LogP contribution in [0, 0.1) is 0 Å². The summed E-state index contributed by atoms with van der Waals surface area (Å²) in [6.45, 7) is 5.65. The first-order chi connectivity index (χ1) is 12.4. The number of carboxylic acid groups (broad SMARTS) is 1. The third-order valence-electron chi connectivity index (χ3n) is 3.47. The van der Waals surface area contributed by atoms with Crippen molar-refractivity contribution in [1.82, 2.24) is 21.3 Å². The molecule has 0 aromatic heterocycles. The second kappa shape index (κ2) is 11.4. The smallest absolute Gasteiger partial charge is 0.327 e. The number of amides is 4. The Morgan fingerprint density at radius 2 is 1.11 bits per heavy atom. The Hall–Kier alpha value is -2.34. The fourth-order valence-corrected chi connectivity index (χ4v) is 1.95. The minimum absolute atomic E-state index is 0.112. The molecular weight excluding hydrogens is 378 g/mol. The van der Waals surface area contributed by atoms with Crippen LogP contribution in [0.5, 0.6) is 0 Å². The molecule has 0 aromatic carbocycles. The molecular formula is C15H27N5O6S. The zero-order valence-corrected chi connectivity index (χ0v) is 16.5. The van der Waals surface area contributed by atoms with Crippen LogP contribution in [0.1, 0.15) is 27.7 Å². The molecule has 0 spiro atoms. The van der Waals surface area contributed by atoms with Crippen LogP contribution < -0.4 is 27.0 Å². The van der Waals surface area contributed by atoms with Gasteiger partial charge < -0.3 is 32.1 Å². The number of thiol groups is 1. The second-order valence-corrected chi connectivity index (χ2v) is 6.43. The normalized spacial score (nSPS) is 16.1. The molecule has 4 amide bonds. The van der Waals surface area contributed by atoms with E-state index in [9.17, 15) is 24.0 Å². The second-order valence-electron chi connectivity index (χ2n) is 6.06. The highest BCUT2D eigenvalue weighted by Gasteiger charge is 2.26. The summed E-state index contributed by atoms with van der Waals surface area (Å²) < 4.78 is 0. The van der Waals surface area contributed by atoms with Crippen LogP contribution in [0.3, 0.4) is 0 Å². The average molecular weight is 405 g/mol. The number of hydrogen-bond acceptors (Lipinski definition) is 7. The van der Waals surface area contributed by atoms with E-state index >= 15 is 0 Å².